The second kappa shape index (κ2) is 8.10. The standard InChI is InChI=1S/C22H30F4O/c1-3-4-15-5-7-16(8-6-15)17-9-11-18(12-10-17)19-13-14-20(27-2)22(25,26)21(19,23)24/h9-12,15-16,19-20H,3-8,13-14H2,1-2H3/t15?,16?,19-,20+/m1/s1. The highest BCUT2D eigenvalue weighted by Gasteiger charge is 2.67. The topological polar surface area (TPSA) is 9.23 Å². The molecular weight excluding hydrogens is 356 g/mol. The normalized spacial score (nSPS) is 33.0. The molecule has 1 aromatic carbocycles. The first-order valence-electron chi connectivity index (χ1n) is 10.2. The van der Waals surface area contributed by atoms with Gasteiger partial charge in [0.15, 0.2) is 0 Å². The number of hydrogen-bond acceptors (Lipinski definition) is 1. The second-order valence-electron chi connectivity index (χ2n) is 8.27. The Bertz CT molecular complexity index is 605. The molecule has 0 spiro atoms. The van der Waals surface area contributed by atoms with Gasteiger partial charge >= 0.3 is 11.8 Å². The maximum absolute atomic E-state index is 14.5. The molecule has 0 N–H and O–H groups in total. The number of hydrogen-bond donors (Lipinski definition) is 0. The van der Waals surface area contributed by atoms with E-state index >= 15 is 0 Å². The maximum atomic E-state index is 14.5. The highest BCUT2D eigenvalue weighted by molar-refractivity contribution is 5.31. The summed E-state index contributed by atoms with van der Waals surface area (Å²) in [4.78, 5) is 0. The minimum absolute atomic E-state index is 0.00255. The van der Waals surface area contributed by atoms with E-state index in [0.29, 0.717) is 11.5 Å². The zero-order valence-corrected chi connectivity index (χ0v) is 16.2. The van der Waals surface area contributed by atoms with Crippen LogP contribution in [0.15, 0.2) is 24.3 Å². The van der Waals surface area contributed by atoms with Crippen LogP contribution in [0.3, 0.4) is 0 Å². The van der Waals surface area contributed by atoms with Crippen molar-refractivity contribution in [2.75, 3.05) is 7.11 Å². The first-order chi connectivity index (χ1) is 12.8. The van der Waals surface area contributed by atoms with Crippen molar-refractivity contribution in [1.29, 1.82) is 0 Å². The fourth-order valence-corrected chi connectivity index (χ4v) is 4.96. The summed E-state index contributed by atoms with van der Waals surface area (Å²) in [5, 5.41) is 0. The molecule has 2 aliphatic carbocycles. The van der Waals surface area contributed by atoms with E-state index in [9.17, 15) is 17.6 Å². The van der Waals surface area contributed by atoms with Gasteiger partial charge < -0.3 is 4.74 Å². The Morgan fingerprint density at radius 1 is 0.852 bits per heavy atom. The van der Waals surface area contributed by atoms with E-state index in [4.69, 9.17) is 0 Å². The molecule has 2 atom stereocenters. The first-order valence-corrected chi connectivity index (χ1v) is 10.2. The van der Waals surface area contributed by atoms with Crippen LogP contribution in [0, 0.1) is 5.92 Å². The van der Waals surface area contributed by atoms with Crippen molar-refractivity contribution in [3.63, 3.8) is 0 Å². The maximum Gasteiger partial charge on any atom is 0.336 e. The van der Waals surface area contributed by atoms with Gasteiger partial charge in [-0.2, -0.15) is 17.6 Å². The number of ether oxygens (including phenoxy) is 1. The van der Waals surface area contributed by atoms with Crippen LogP contribution < -0.4 is 0 Å². The smallest absolute Gasteiger partial charge is 0.336 e. The summed E-state index contributed by atoms with van der Waals surface area (Å²) < 4.78 is 62.0. The predicted octanol–water partition coefficient (Wildman–Crippen LogP) is 6.92. The van der Waals surface area contributed by atoms with Gasteiger partial charge in [0.2, 0.25) is 0 Å². The average Bonchev–Trinajstić information content (AvgIpc) is 2.65. The fraction of sp³-hybridized carbons (Fsp3) is 0.727. The van der Waals surface area contributed by atoms with Crippen LogP contribution in [-0.2, 0) is 4.74 Å². The summed E-state index contributed by atoms with van der Waals surface area (Å²) >= 11 is 0. The highest BCUT2D eigenvalue weighted by atomic mass is 19.3. The molecule has 0 saturated heterocycles. The minimum Gasteiger partial charge on any atom is -0.375 e. The zero-order valence-electron chi connectivity index (χ0n) is 16.2. The van der Waals surface area contributed by atoms with Gasteiger partial charge in [0.1, 0.15) is 6.10 Å². The SMILES string of the molecule is CCCC1CCC(c2ccc([C@H]3CC[C@H](OC)C(F)(F)C3(F)F)cc2)CC1. The molecule has 0 amide bonds. The highest BCUT2D eigenvalue weighted by Crippen LogP contribution is 2.54. The Hall–Kier alpha value is -1.10. The van der Waals surface area contributed by atoms with Gasteiger partial charge in [-0.25, -0.2) is 0 Å². The monoisotopic (exact) mass is 386 g/mol. The molecule has 2 saturated carbocycles. The van der Waals surface area contributed by atoms with Crippen LogP contribution in [-0.4, -0.2) is 25.1 Å². The minimum atomic E-state index is -4.15. The third kappa shape index (κ3) is 3.90. The molecule has 1 aromatic rings. The van der Waals surface area contributed by atoms with Gasteiger partial charge in [0, 0.05) is 7.11 Å². The lowest BCUT2D eigenvalue weighted by molar-refractivity contribution is -0.285. The van der Waals surface area contributed by atoms with Crippen molar-refractivity contribution in [1.82, 2.24) is 0 Å². The van der Waals surface area contributed by atoms with Crippen molar-refractivity contribution in [3.8, 4) is 0 Å². The largest absolute Gasteiger partial charge is 0.375 e. The zero-order chi connectivity index (χ0) is 19.7. The van der Waals surface area contributed by atoms with E-state index in [0.717, 1.165) is 31.4 Å². The summed E-state index contributed by atoms with van der Waals surface area (Å²) in [6.07, 6.45) is 5.38. The van der Waals surface area contributed by atoms with E-state index in [2.05, 4.69) is 11.7 Å². The molecule has 0 aliphatic heterocycles. The third-order valence-electron chi connectivity index (χ3n) is 6.64. The van der Waals surface area contributed by atoms with Crippen LogP contribution in [0.2, 0.25) is 0 Å². The van der Waals surface area contributed by atoms with E-state index in [1.54, 1.807) is 12.1 Å². The van der Waals surface area contributed by atoms with Gasteiger partial charge in [0.25, 0.3) is 0 Å². The molecule has 2 aliphatic rings. The van der Waals surface area contributed by atoms with Crippen molar-refractivity contribution in [2.45, 2.75) is 88.1 Å². The predicted molar refractivity (Wildman–Crippen MR) is 98.7 cm³/mol. The van der Waals surface area contributed by atoms with Crippen molar-refractivity contribution >= 4 is 0 Å². The van der Waals surface area contributed by atoms with Crippen LogP contribution in [0.4, 0.5) is 17.6 Å². The Morgan fingerprint density at radius 2 is 1.44 bits per heavy atom. The van der Waals surface area contributed by atoms with Crippen LogP contribution in [0.5, 0.6) is 0 Å². The van der Waals surface area contributed by atoms with Gasteiger partial charge in [-0.1, -0.05) is 44.0 Å². The Morgan fingerprint density at radius 3 is 2.00 bits per heavy atom. The summed E-state index contributed by atoms with van der Waals surface area (Å²) in [7, 11) is 1.07. The molecular formula is C22H30F4O. The van der Waals surface area contributed by atoms with Crippen molar-refractivity contribution in [3.05, 3.63) is 35.4 Å². The molecule has 152 valence electrons. The fourth-order valence-electron chi connectivity index (χ4n) is 4.96. The molecule has 1 nitrogen and oxygen atoms in total. The van der Waals surface area contributed by atoms with E-state index < -0.39 is 23.9 Å². The molecule has 0 bridgehead atoms. The number of rotatable bonds is 5. The Balaban J connectivity index is 1.70. The third-order valence-corrected chi connectivity index (χ3v) is 6.64. The van der Waals surface area contributed by atoms with Gasteiger partial charge in [-0.15, -0.1) is 0 Å². The number of alkyl halides is 4. The van der Waals surface area contributed by atoms with E-state index in [1.807, 2.05) is 12.1 Å². The summed E-state index contributed by atoms with van der Waals surface area (Å²) in [6, 6.07) is 7.01. The molecule has 2 fully saturated rings. The van der Waals surface area contributed by atoms with Crippen LogP contribution in [0.25, 0.3) is 0 Å². The second-order valence-corrected chi connectivity index (χ2v) is 8.27. The number of benzene rings is 1. The van der Waals surface area contributed by atoms with E-state index in [-0.39, 0.29) is 12.8 Å². The van der Waals surface area contributed by atoms with Crippen LogP contribution >= 0.6 is 0 Å². The van der Waals surface area contributed by atoms with Crippen LogP contribution in [0.1, 0.15) is 81.3 Å². The molecule has 0 unspecified atom stereocenters. The quantitative estimate of drug-likeness (QED) is 0.499. The molecule has 5 heteroatoms. The number of halogens is 4. The van der Waals surface area contributed by atoms with Crippen molar-refractivity contribution < 1.29 is 22.3 Å². The van der Waals surface area contributed by atoms with Gasteiger partial charge in [-0.05, 0) is 61.5 Å². The molecule has 3 rings (SSSR count). The molecule has 0 heterocycles. The molecule has 0 aromatic heterocycles. The lowest BCUT2D eigenvalue weighted by Crippen LogP contribution is -2.57. The Labute approximate surface area is 159 Å². The van der Waals surface area contributed by atoms with E-state index in [1.165, 1.54) is 25.7 Å². The first kappa shape index (κ1) is 20.6. The molecule has 27 heavy (non-hydrogen) atoms. The van der Waals surface area contributed by atoms with Gasteiger partial charge in [0.05, 0.1) is 5.92 Å². The molecule has 0 radical (unpaired) electrons. The lowest BCUT2D eigenvalue weighted by Gasteiger charge is -2.42. The summed E-state index contributed by atoms with van der Waals surface area (Å²) in [6.45, 7) is 2.21. The van der Waals surface area contributed by atoms with Crippen molar-refractivity contribution in [2.24, 2.45) is 5.92 Å². The van der Waals surface area contributed by atoms with Gasteiger partial charge in [-0.3, -0.25) is 0 Å². The average molecular weight is 386 g/mol. The summed E-state index contributed by atoms with van der Waals surface area (Å²) in [5.74, 6) is -8.46. The number of methoxy groups -OCH3 is 1. The summed E-state index contributed by atoms with van der Waals surface area (Å²) in [5.41, 5.74) is 1.45. The Kier molecular flexibility index (Phi) is 6.19. The lowest BCUT2D eigenvalue weighted by atomic mass is 9.75.